The molecule has 0 heterocycles. The Morgan fingerprint density at radius 3 is 2.13 bits per heavy atom. The highest BCUT2D eigenvalue weighted by Gasteiger charge is 2.24. The molecule has 10 nitrogen and oxygen atoms in total. The molecular weight excluding hydrogens is 308 g/mol. The van der Waals surface area contributed by atoms with E-state index in [-0.39, 0.29) is 5.92 Å². The Labute approximate surface area is 133 Å². The lowest BCUT2D eigenvalue weighted by atomic mass is 10.0. The van der Waals surface area contributed by atoms with Crippen LogP contribution in [0.1, 0.15) is 20.3 Å². The van der Waals surface area contributed by atoms with Crippen molar-refractivity contribution in [1.29, 1.82) is 0 Å². The zero-order chi connectivity index (χ0) is 18.0. The maximum absolute atomic E-state index is 12.0. The van der Waals surface area contributed by atoms with Crippen LogP contribution in [-0.2, 0) is 19.2 Å². The zero-order valence-corrected chi connectivity index (χ0v) is 13.2. The Bertz CT molecular complexity index is 440. The van der Waals surface area contributed by atoms with Gasteiger partial charge in [-0.25, -0.2) is 0 Å². The molecular formula is C13H24N4O6. The third kappa shape index (κ3) is 9.42. The maximum Gasteiger partial charge on any atom is 0.322 e. The molecule has 3 amide bonds. The number of carboxylic acid groups (broad SMARTS) is 1. The van der Waals surface area contributed by atoms with Gasteiger partial charge in [0.05, 0.1) is 13.2 Å². The van der Waals surface area contributed by atoms with Gasteiger partial charge >= 0.3 is 5.97 Å². The minimum atomic E-state index is -1.20. The molecule has 0 saturated heterocycles. The number of carboxylic acids is 1. The van der Waals surface area contributed by atoms with Gasteiger partial charge in [-0.05, 0) is 12.3 Å². The van der Waals surface area contributed by atoms with Gasteiger partial charge in [0.15, 0.2) is 0 Å². The molecule has 7 N–H and O–H groups in total. The topological polar surface area (TPSA) is 171 Å². The molecule has 2 unspecified atom stereocenters. The Hall–Kier alpha value is -2.20. The summed E-state index contributed by atoms with van der Waals surface area (Å²) in [7, 11) is 0. The van der Waals surface area contributed by atoms with Gasteiger partial charge in [-0.2, -0.15) is 0 Å². The largest absolute Gasteiger partial charge is 0.480 e. The molecule has 0 aromatic carbocycles. The summed E-state index contributed by atoms with van der Waals surface area (Å²) < 4.78 is 0. The molecule has 0 aromatic heterocycles. The van der Waals surface area contributed by atoms with Gasteiger partial charge in [-0.15, -0.1) is 0 Å². The molecule has 0 aliphatic heterocycles. The van der Waals surface area contributed by atoms with Crippen LogP contribution in [0.2, 0.25) is 0 Å². The van der Waals surface area contributed by atoms with Crippen LogP contribution in [0.3, 0.4) is 0 Å². The van der Waals surface area contributed by atoms with Crippen LogP contribution in [0, 0.1) is 5.92 Å². The fraction of sp³-hybridized carbons (Fsp3) is 0.692. The van der Waals surface area contributed by atoms with E-state index in [9.17, 15) is 19.2 Å². The van der Waals surface area contributed by atoms with E-state index in [1.54, 1.807) is 0 Å². The number of aliphatic hydroxyl groups excluding tert-OH is 1. The summed E-state index contributed by atoms with van der Waals surface area (Å²) in [6, 6.07) is -2.05. The number of aliphatic carboxylic acids is 1. The van der Waals surface area contributed by atoms with E-state index in [4.69, 9.17) is 15.9 Å². The van der Waals surface area contributed by atoms with Crippen molar-refractivity contribution in [2.45, 2.75) is 32.4 Å². The fourth-order valence-electron chi connectivity index (χ4n) is 1.59. The quantitative estimate of drug-likeness (QED) is 0.250. The van der Waals surface area contributed by atoms with Crippen LogP contribution in [0.15, 0.2) is 0 Å². The molecule has 0 spiro atoms. The van der Waals surface area contributed by atoms with Gasteiger partial charge in [0.2, 0.25) is 17.7 Å². The van der Waals surface area contributed by atoms with E-state index in [2.05, 4.69) is 16.0 Å². The van der Waals surface area contributed by atoms with E-state index in [0.717, 1.165) is 0 Å². The van der Waals surface area contributed by atoms with Crippen LogP contribution in [-0.4, -0.2) is 65.7 Å². The monoisotopic (exact) mass is 332 g/mol. The number of nitrogens with two attached hydrogens (primary N) is 1. The maximum atomic E-state index is 12.0. The van der Waals surface area contributed by atoms with Crippen molar-refractivity contribution in [3.8, 4) is 0 Å². The molecule has 0 saturated carbocycles. The van der Waals surface area contributed by atoms with Crippen molar-refractivity contribution in [2.75, 3.05) is 19.7 Å². The molecule has 0 aromatic rings. The number of hydrogen-bond donors (Lipinski definition) is 6. The minimum Gasteiger partial charge on any atom is -0.480 e. The number of hydrogen-bond acceptors (Lipinski definition) is 6. The Morgan fingerprint density at radius 2 is 1.65 bits per heavy atom. The van der Waals surface area contributed by atoms with Crippen molar-refractivity contribution in [3.63, 3.8) is 0 Å². The fourth-order valence-corrected chi connectivity index (χ4v) is 1.59. The predicted molar refractivity (Wildman–Crippen MR) is 80.1 cm³/mol. The van der Waals surface area contributed by atoms with Gasteiger partial charge in [0.1, 0.15) is 18.6 Å². The lowest BCUT2D eigenvalue weighted by Crippen LogP contribution is -2.54. The van der Waals surface area contributed by atoms with E-state index in [1.807, 2.05) is 13.8 Å². The van der Waals surface area contributed by atoms with E-state index in [0.29, 0.717) is 6.42 Å². The average Bonchev–Trinajstić information content (AvgIpc) is 2.48. The van der Waals surface area contributed by atoms with E-state index < -0.39 is 55.5 Å². The normalized spacial score (nSPS) is 13.1. The van der Waals surface area contributed by atoms with Crippen LogP contribution in [0.5, 0.6) is 0 Å². The van der Waals surface area contributed by atoms with Gasteiger partial charge < -0.3 is 31.9 Å². The first-order chi connectivity index (χ1) is 10.7. The molecule has 10 heteroatoms. The first-order valence-corrected chi connectivity index (χ1v) is 7.10. The summed E-state index contributed by atoms with van der Waals surface area (Å²) in [6.45, 7) is 2.17. The van der Waals surface area contributed by atoms with E-state index in [1.165, 1.54) is 0 Å². The number of carbonyl (C=O) groups is 4. The zero-order valence-electron chi connectivity index (χ0n) is 13.2. The average molecular weight is 332 g/mol. The highest BCUT2D eigenvalue weighted by Crippen LogP contribution is 2.05. The summed E-state index contributed by atoms with van der Waals surface area (Å²) in [6.07, 6.45) is 0.312. The lowest BCUT2D eigenvalue weighted by Gasteiger charge is -2.21. The Kier molecular flexibility index (Phi) is 9.51. The first kappa shape index (κ1) is 20.8. The SMILES string of the molecule is CC(C)CC(NC(=O)C(N)CO)C(=O)NCC(=O)NCC(=O)O. The number of amides is 3. The van der Waals surface area contributed by atoms with Crippen LogP contribution >= 0.6 is 0 Å². The van der Waals surface area contributed by atoms with Gasteiger partial charge in [0.25, 0.3) is 0 Å². The van der Waals surface area contributed by atoms with Crippen LogP contribution in [0.25, 0.3) is 0 Å². The molecule has 2 atom stereocenters. The summed E-state index contributed by atoms with van der Waals surface area (Å²) in [5, 5.41) is 24.1. The number of carbonyl (C=O) groups excluding carboxylic acids is 3. The number of rotatable bonds is 10. The summed E-state index contributed by atoms with van der Waals surface area (Å²) in [5.74, 6) is -3.06. The summed E-state index contributed by atoms with van der Waals surface area (Å²) >= 11 is 0. The highest BCUT2D eigenvalue weighted by molar-refractivity contribution is 5.92. The predicted octanol–water partition coefficient (Wildman–Crippen LogP) is -2.85. The van der Waals surface area contributed by atoms with Crippen molar-refractivity contribution >= 4 is 23.7 Å². The Morgan fingerprint density at radius 1 is 1.04 bits per heavy atom. The van der Waals surface area contributed by atoms with Crippen LogP contribution in [0.4, 0.5) is 0 Å². The molecule has 23 heavy (non-hydrogen) atoms. The molecule has 0 radical (unpaired) electrons. The van der Waals surface area contributed by atoms with Gasteiger partial charge in [0, 0.05) is 0 Å². The molecule has 132 valence electrons. The number of aliphatic hydroxyl groups is 1. The second-order valence-corrected chi connectivity index (χ2v) is 5.37. The minimum absolute atomic E-state index is 0.0808. The molecule has 0 rings (SSSR count). The summed E-state index contributed by atoms with van der Waals surface area (Å²) in [5.41, 5.74) is 5.37. The second kappa shape index (κ2) is 10.5. The summed E-state index contributed by atoms with van der Waals surface area (Å²) in [4.78, 5) is 45.4. The van der Waals surface area contributed by atoms with Crippen molar-refractivity contribution in [3.05, 3.63) is 0 Å². The van der Waals surface area contributed by atoms with Crippen molar-refractivity contribution in [1.82, 2.24) is 16.0 Å². The highest BCUT2D eigenvalue weighted by atomic mass is 16.4. The van der Waals surface area contributed by atoms with Crippen molar-refractivity contribution in [2.24, 2.45) is 11.7 Å². The third-order valence-corrected chi connectivity index (χ3v) is 2.73. The molecule has 0 aliphatic rings. The second-order valence-electron chi connectivity index (χ2n) is 5.37. The first-order valence-electron chi connectivity index (χ1n) is 7.10. The van der Waals surface area contributed by atoms with Crippen LogP contribution < -0.4 is 21.7 Å². The van der Waals surface area contributed by atoms with Gasteiger partial charge in [-0.1, -0.05) is 13.8 Å². The smallest absolute Gasteiger partial charge is 0.322 e. The third-order valence-electron chi connectivity index (χ3n) is 2.73. The van der Waals surface area contributed by atoms with E-state index >= 15 is 0 Å². The molecule has 0 fully saturated rings. The Balaban J connectivity index is 4.54. The molecule has 0 bridgehead atoms. The number of nitrogens with one attached hydrogen (secondary N) is 3. The molecule has 0 aliphatic carbocycles. The lowest BCUT2D eigenvalue weighted by molar-refractivity contribution is -0.138. The van der Waals surface area contributed by atoms with Gasteiger partial charge in [-0.3, -0.25) is 19.2 Å². The van der Waals surface area contributed by atoms with Crippen molar-refractivity contribution < 1.29 is 29.4 Å². The standard InChI is InChI=1S/C13H24N4O6/c1-7(2)3-9(17-12(22)8(14)6-18)13(23)16-4-10(19)15-5-11(20)21/h7-9,18H,3-6,14H2,1-2H3,(H,15,19)(H,16,23)(H,17,22)(H,20,21).